The topological polar surface area (TPSA) is 53.4 Å². The molecule has 1 unspecified atom stereocenters. The molecule has 2 heterocycles. The number of halogens is 3. The summed E-state index contributed by atoms with van der Waals surface area (Å²) in [6.45, 7) is 0.906. The molecule has 1 saturated heterocycles. The number of pyridine rings is 1. The van der Waals surface area contributed by atoms with Crippen LogP contribution in [0.15, 0.2) is 48.7 Å². The molecule has 1 aromatic heterocycles. The summed E-state index contributed by atoms with van der Waals surface area (Å²) >= 11 is 0. The van der Waals surface area contributed by atoms with Crippen molar-refractivity contribution in [1.29, 1.82) is 0 Å². The maximum atomic E-state index is 12.6. The van der Waals surface area contributed by atoms with Gasteiger partial charge in [-0.1, -0.05) is 30.3 Å². The van der Waals surface area contributed by atoms with Crippen LogP contribution in [0, 0.1) is 5.92 Å². The van der Waals surface area contributed by atoms with E-state index < -0.39 is 18.0 Å². The van der Waals surface area contributed by atoms with Gasteiger partial charge in [-0.2, -0.15) is 13.2 Å². The minimum absolute atomic E-state index is 0.0483. The lowest BCUT2D eigenvalue weighted by molar-refractivity contribution is -0.141. The highest BCUT2D eigenvalue weighted by atomic mass is 19.4. The van der Waals surface area contributed by atoms with Crippen molar-refractivity contribution in [2.75, 3.05) is 13.1 Å². The number of carbonyl (C=O) groups is 1. The Labute approximate surface area is 149 Å². The van der Waals surface area contributed by atoms with Crippen LogP contribution in [0.4, 0.5) is 13.2 Å². The van der Waals surface area contributed by atoms with Gasteiger partial charge in [-0.15, -0.1) is 0 Å². The van der Waals surface area contributed by atoms with Crippen molar-refractivity contribution in [3.05, 3.63) is 65.5 Å². The fourth-order valence-corrected chi connectivity index (χ4v) is 3.21. The maximum Gasteiger partial charge on any atom is 0.433 e. The van der Waals surface area contributed by atoms with E-state index in [4.69, 9.17) is 0 Å². The zero-order valence-corrected chi connectivity index (χ0v) is 14.0. The van der Waals surface area contributed by atoms with E-state index in [-0.39, 0.29) is 17.4 Å². The van der Waals surface area contributed by atoms with Crippen molar-refractivity contribution in [2.45, 2.75) is 25.1 Å². The van der Waals surface area contributed by atoms with Crippen molar-refractivity contribution in [1.82, 2.24) is 9.88 Å². The molecule has 26 heavy (non-hydrogen) atoms. The molecule has 1 fully saturated rings. The Hall–Kier alpha value is -2.41. The van der Waals surface area contributed by atoms with E-state index >= 15 is 0 Å². The second-order valence-corrected chi connectivity index (χ2v) is 6.42. The highest BCUT2D eigenvalue weighted by Gasteiger charge is 2.33. The lowest BCUT2D eigenvalue weighted by Crippen LogP contribution is -2.39. The molecule has 1 N–H and O–H groups in total. The fraction of sp³-hybridized carbons (Fsp3) is 0.368. The number of aliphatic hydroxyl groups excluding tert-OH is 1. The molecular formula is C19H19F3N2O2. The van der Waals surface area contributed by atoms with Gasteiger partial charge >= 0.3 is 6.18 Å². The zero-order valence-electron chi connectivity index (χ0n) is 14.0. The molecule has 0 aliphatic carbocycles. The molecule has 0 bridgehead atoms. The van der Waals surface area contributed by atoms with E-state index in [0.29, 0.717) is 25.9 Å². The van der Waals surface area contributed by atoms with Crippen molar-refractivity contribution in [2.24, 2.45) is 5.92 Å². The standard InChI is InChI=1S/C19H19F3N2O2/c20-19(21,22)16-7-6-15(12-23-16)18(26)24-10-8-14(9-11-24)17(25)13-4-2-1-3-5-13/h1-7,12,14,17,25H,8-11H2. The van der Waals surface area contributed by atoms with Gasteiger partial charge in [0.2, 0.25) is 0 Å². The summed E-state index contributed by atoms with van der Waals surface area (Å²) in [6, 6.07) is 11.3. The Kier molecular flexibility index (Phi) is 5.27. The predicted molar refractivity (Wildman–Crippen MR) is 89.3 cm³/mol. The molecule has 7 heteroatoms. The number of carbonyl (C=O) groups excluding carboxylic acids is 1. The Bertz CT molecular complexity index is 740. The lowest BCUT2D eigenvalue weighted by atomic mass is 9.87. The van der Waals surface area contributed by atoms with Gasteiger partial charge in [0.25, 0.3) is 5.91 Å². The predicted octanol–water partition coefficient (Wildman–Crippen LogP) is 3.69. The van der Waals surface area contributed by atoms with E-state index in [1.165, 1.54) is 0 Å². The first kappa shape index (κ1) is 18.4. The minimum Gasteiger partial charge on any atom is -0.388 e. The summed E-state index contributed by atoms with van der Waals surface area (Å²) in [5, 5.41) is 10.5. The highest BCUT2D eigenvalue weighted by Crippen LogP contribution is 2.31. The molecule has 1 aliphatic rings. The van der Waals surface area contributed by atoms with Gasteiger partial charge < -0.3 is 10.0 Å². The molecule has 1 atom stereocenters. The molecule has 1 aliphatic heterocycles. The monoisotopic (exact) mass is 364 g/mol. The lowest BCUT2D eigenvalue weighted by Gasteiger charge is -2.34. The molecule has 3 rings (SSSR count). The SMILES string of the molecule is O=C(c1ccc(C(F)(F)F)nc1)N1CCC(C(O)c2ccccc2)CC1. The number of benzene rings is 1. The van der Waals surface area contributed by atoms with Crippen LogP contribution >= 0.6 is 0 Å². The summed E-state index contributed by atoms with van der Waals surface area (Å²) in [4.78, 5) is 17.4. The van der Waals surface area contributed by atoms with E-state index in [1.807, 2.05) is 30.3 Å². The third-order valence-electron chi connectivity index (χ3n) is 4.72. The Morgan fingerprint density at radius 1 is 1.12 bits per heavy atom. The molecule has 138 valence electrons. The first-order valence-electron chi connectivity index (χ1n) is 8.42. The average molecular weight is 364 g/mol. The maximum absolute atomic E-state index is 12.6. The Balaban J connectivity index is 1.60. The summed E-state index contributed by atoms with van der Waals surface area (Å²) in [5.74, 6) is -0.286. The molecule has 0 spiro atoms. The largest absolute Gasteiger partial charge is 0.433 e. The number of aromatic nitrogens is 1. The van der Waals surface area contributed by atoms with Gasteiger partial charge in [-0.05, 0) is 36.5 Å². The van der Waals surface area contributed by atoms with E-state index in [9.17, 15) is 23.1 Å². The number of alkyl halides is 3. The summed E-state index contributed by atoms with van der Waals surface area (Å²) in [7, 11) is 0. The van der Waals surface area contributed by atoms with Crippen LogP contribution in [0.3, 0.4) is 0 Å². The quantitative estimate of drug-likeness (QED) is 0.904. The number of likely N-dealkylation sites (tertiary alicyclic amines) is 1. The fourth-order valence-electron chi connectivity index (χ4n) is 3.21. The third-order valence-corrected chi connectivity index (χ3v) is 4.72. The molecule has 0 saturated carbocycles. The van der Waals surface area contributed by atoms with Gasteiger partial charge in [0.15, 0.2) is 0 Å². The van der Waals surface area contributed by atoms with Gasteiger partial charge in [-0.25, -0.2) is 0 Å². The van der Waals surface area contributed by atoms with Crippen LogP contribution < -0.4 is 0 Å². The van der Waals surface area contributed by atoms with Crippen molar-refractivity contribution < 1.29 is 23.1 Å². The number of rotatable bonds is 3. The number of piperidine rings is 1. The van der Waals surface area contributed by atoms with Gasteiger partial charge in [0.05, 0.1) is 11.7 Å². The number of nitrogens with zero attached hydrogens (tertiary/aromatic N) is 2. The molecular weight excluding hydrogens is 345 g/mol. The van der Waals surface area contributed by atoms with Crippen molar-refractivity contribution in [3.63, 3.8) is 0 Å². The van der Waals surface area contributed by atoms with Crippen LogP contribution in [0.5, 0.6) is 0 Å². The van der Waals surface area contributed by atoms with E-state index in [0.717, 1.165) is 23.9 Å². The van der Waals surface area contributed by atoms with Crippen LogP contribution in [-0.4, -0.2) is 34.0 Å². The summed E-state index contributed by atoms with van der Waals surface area (Å²) < 4.78 is 37.7. The second kappa shape index (κ2) is 7.45. The highest BCUT2D eigenvalue weighted by molar-refractivity contribution is 5.94. The average Bonchev–Trinajstić information content (AvgIpc) is 2.67. The first-order chi connectivity index (χ1) is 12.4. The molecule has 1 amide bonds. The van der Waals surface area contributed by atoms with Crippen LogP contribution in [-0.2, 0) is 6.18 Å². The van der Waals surface area contributed by atoms with Gasteiger partial charge in [-0.3, -0.25) is 9.78 Å². The van der Waals surface area contributed by atoms with E-state index in [1.54, 1.807) is 4.90 Å². The van der Waals surface area contributed by atoms with Gasteiger partial charge in [0.1, 0.15) is 5.69 Å². The van der Waals surface area contributed by atoms with Crippen molar-refractivity contribution in [3.8, 4) is 0 Å². The number of hydrogen-bond acceptors (Lipinski definition) is 3. The van der Waals surface area contributed by atoms with Crippen molar-refractivity contribution >= 4 is 5.91 Å². The minimum atomic E-state index is -4.52. The van der Waals surface area contributed by atoms with Crippen LogP contribution in [0.25, 0.3) is 0 Å². The summed E-state index contributed by atoms with van der Waals surface area (Å²) in [5.41, 5.74) is -0.0250. The van der Waals surface area contributed by atoms with Crippen LogP contribution in [0.1, 0.15) is 40.6 Å². The second-order valence-electron chi connectivity index (χ2n) is 6.42. The molecule has 2 aromatic rings. The number of hydrogen-bond donors (Lipinski definition) is 1. The number of aliphatic hydroxyl groups is 1. The molecule has 4 nitrogen and oxygen atoms in total. The molecule has 0 radical (unpaired) electrons. The normalized spacial score (nSPS) is 17.2. The van der Waals surface area contributed by atoms with Crippen LogP contribution in [0.2, 0.25) is 0 Å². The Morgan fingerprint density at radius 2 is 1.77 bits per heavy atom. The Morgan fingerprint density at radius 3 is 2.31 bits per heavy atom. The van der Waals surface area contributed by atoms with Gasteiger partial charge in [0, 0.05) is 19.3 Å². The number of amides is 1. The zero-order chi connectivity index (χ0) is 18.7. The smallest absolute Gasteiger partial charge is 0.388 e. The van der Waals surface area contributed by atoms with E-state index in [2.05, 4.69) is 4.98 Å². The molecule has 1 aromatic carbocycles. The summed E-state index contributed by atoms with van der Waals surface area (Å²) in [6.07, 6.45) is -2.86. The third kappa shape index (κ3) is 4.04. The first-order valence-corrected chi connectivity index (χ1v) is 8.42.